The highest BCUT2D eigenvalue weighted by molar-refractivity contribution is 5.79. The van der Waals surface area contributed by atoms with Crippen molar-refractivity contribution in [2.75, 3.05) is 20.8 Å². The fraction of sp³-hybridized carbons (Fsp3) is 0.192. The third-order valence-electron chi connectivity index (χ3n) is 5.68. The molecule has 4 rings (SSSR count). The Kier molecular flexibility index (Phi) is 6.03. The number of aliphatic hydroxyl groups is 1. The van der Waals surface area contributed by atoms with Gasteiger partial charge in [0.1, 0.15) is 18.4 Å². The molecule has 3 aromatic carbocycles. The number of carbonyl (C=O) groups excluding carboxylic acids is 1. The van der Waals surface area contributed by atoms with E-state index in [1.807, 2.05) is 24.3 Å². The molecule has 0 spiro atoms. The first kappa shape index (κ1) is 21.3. The Hall–Kier alpha value is -3.93. The van der Waals surface area contributed by atoms with Gasteiger partial charge in [0.2, 0.25) is 0 Å². The van der Waals surface area contributed by atoms with Gasteiger partial charge in [0, 0.05) is 5.92 Å². The molecule has 0 radical (unpaired) electrons. The highest BCUT2D eigenvalue weighted by Crippen LogP contribution is 2.44. The third kappa shape index (κ3) is 3.99. The Morgan fingerprint density at radius 1 is 0.969 bits per heavy atom. The molecule has 1 atom stereocenters. The highest BCUT2D eigenvalue weighted by atomic mass is 16.5. The first-order chi connectivity index (χ1) is 15.5. The van der Waals surface area contributed by atoms with Crippen molar-refractivity contribution >= 4 is 6.09 Å². The van der Waals surface area contributed by atoms with Gasteiger partial charge in [0.15, 0.2) is 11.5 Å². The quantitative estimate of drug-likeness (QED) is 0.493. The lowest BCUT2D eigenvalue weighted by Gasteiger charge is -2.20. The largest absolute Gasteiger partial charge is 0.510 e. The summed E-state index contributed by atoms with van der Waals surface area (Å²) in [5.41, 5.74) is 5.16. The van der Waals surface area contributed by atoms with E-state index < -0.39 is 12.1 Å². The highest BCUT2D eigenvalue weighted by Gasteiger charge is 2.29. The number of nitrogens with one attached hydrogen (secondary N) is 1. The minimum atomic E-state index is -0.856. The van der Waals surface area contributed by atoms with Crippen molar-refractivity contribution in [3.8, 4) is 22.6 Å². The first-order valence-corrected chi connectivity index (χ1v) is 10.2. The summed E-state index contributed by atoms with van der Waals surface area (Å²) < 4.78 is 16.1. The SMILES string of the molecule is C=C(O)C(NC(=O)OCC1c2ccccc2-c2ccccc21)c1ccc(OC)c(OC)c1. The zero-order valence-electron chi connectivity index (χ0n) is 18.0. The topological polar surface area (TPSA) is 77.0 Å². The molecule has 1 aliphatic carbocycles. The average Bonchev–Trinajstić information content (AvgIpc) is 3.14. The summed E-state index contributed by atoms with van der Waals surface area (Å²) in [4.78, 5) is 12.6. The van der Waals surface area contributed by atoms with Gasteiger partial charge in [-0.25, -0.2) is 4.79 Å². The molecule has 164 valence electrons. The predicted octanol–water partition coefficient (Wildman–Crippen LogP) is 5.36. The minimum Gasteiger partial charge on any atom is -0.510 e. The van der Waals surface area contributed by atoms with Crippen molar-refractivity contribution < 1.29 is 24.1 Å². The second-order valence-corrected chi connectivity index (χ2v) is 7.51. The third-order valence-corrected chi connectivity index (χ3v) is 5.68. The fourth-order valence-corrected chi connectivity index (χ4v) is 4.15. The van der Waals surface area contributed by atoms with Crippen LogP contribution in [-0.4, -0.2) is 32.0 Å². The summed E-state index contributed by atoms with van der Waals surface area (Å²) >= 11 is 0. The molecule has 0 saturated heterocycles. The molecule has 2 N–H and O–H groups in total. The Bertz CT molecular complexity index is 1110. The number of aliphatic hydroxyl groups excluding tert-OH is 1. The zero-order valence-corrected chi connectivity index (χ0v) is 18.0. The monoisotopic (exact) mass is 431 g/mol. The lowest BCUT2D eigenvalue weighted by molar-refractivity contribution is 0.138. The zero-order chi connectivity index (χ0) is 22.7. The molecule has 1 unspecified atom stereocenters. The molecule has 32 heavy (non-hydrogen) atoms. The number of ether oxygens (including phenoxy) is 3. The van der Waals surface area contributed by atoms with Gasteiger partial charge < -0.3 is 24.6 Å². The van der Waals surface area contributed by atoms with Crippen LogP contribution >= 0.6 is 0 Å². The predicted molar refractivity (Wildman–Crippen MR) is 122 cm³/mol. The Balaban J connectivity index is 1.49. The fourth-order valence-electron chi connectivity index (χ4n) is 4.15. The normalized spacial score (nSPS) is 12.9. The van der Waals surface area contributed by atoms with Crippen LogP contribution in [0.1, 0.15) is 28.7 Å². The van der Waals surface area contributed by atoms with Crippen molar-refractivity contribution in [1.82, 2.24) is 5.32 Å². The summed E-state index contributed by atoms with van der Waals surface area (Å²) in [7, 11) is 3.05. The maximum Gasteiger partial charge on any atom is 0.408 e. The number of benzene rings is 3. The van der Waals surface area contributed by atoms with Gasteiger partial charge in [-0.1, -0.05) is 61.2 Å². The van der Waals surface area contributed by atoms with Crippen LogP contribution in [0.5, 0.6) is 11.5 Å². The molecule has 6 heteroatoms. The van der Waals surface area contributed by atoms with E-state index in [2.05, 4.69) is 36.2 Å². The summed E-state index contributed by atoms with van der Waals surface area (Å²) in [6.45, 7) is 3.77. The van der Waals surface area contributed by atoms with Crippen LogP contribution in [0, 0.1) is 0 Å². The van der Waals surface area contributed by atoms with Crippen LogP contribution in [0.15, 0.2) is 79.1 Å². The van der Waals surface area contributed by atoms with Gasteiger partial charge in [-0.05, 0) is 39.9 Å². The van der Waals surface area contributed by atoms with Crippen LogP contribution < -0.4 is 14.8 Å². The lowest BCUT2D eigenvalue weighted by Crippen LogP contribution is -2.31. The van der Waals surface area contributed by atoms with Crippen molar-refractivity contribution in [3.63, 3.8) is 0 Å². The van der Waals surface area contributed by atoms with E-state index in [1.165, 1.54) is 14.2 Å². The summed E-state index contributed by atoms with van der Waals surface area (Å²) in [5, 5.41) is 12.8. The van der Waals surface area contributed by atoms with Gasteiger partial charge >= 0.3 is 6.09 Å². The molecule has 0 saturated carbocycles. The Morgan fingerprint density at radius 3 is 2.12 bits per heavy atom. The molecule has 0 aliphatic heterocycles. The molecular weight excluding hydrogens is 406 g/mol. The van der Waals surface area contributed by atoms with Crippen LogP contribution in [0.25, 0.3) is 11.1 Å². The maximum absolute atomic E-state index is 12.6. The van der Waals surface area contributed by atoms with Crippen molar-refractivity contribution in [2.45, 2.75) is 12.0 Å². The smallest absolute Gasteiger partial charge is 0.408 e. The van der Waals surface area contributed by atoms with Crippen LogP contribution in [0.2, 0.25) is 0 Å². The second-order valence-electron chi connectivity index (χ2n) is 7.51. The number of methoxy groups -OCH3 is 2. The van der Waals surface area contributed by atoms with Crippen LogP contribution in [0.3, 0.4) is 0 Å². The van der Waals surface area contributed by atoms with Gasteiger partial charge in [0.25, 0.3) is 0 Å². The molecular formula is C26H25NO5. The number of hydrogen-bond donors (Lipinski definition) is 2. The Morgan fingerprint density at radius 2 is 1.56 bits per heavy atom. The van der Waals surface area contributed by atoms with Crippen LogP contribution in [-0.2, 0) is 4.74 Å². The van der Waals surface area contributed by atoms with Crippen molar-refractivity contribution in [3.05, 3.63) is 95.8 Å². The Labute approximate surface area is 187 Å². The number of hydrogen-bond acceptors (Lipinski definition) is 5. The van der Waals surface area contributed by atoms with E-state index in [4.69, 9.17) is 14.2 Å². The molecule has 1 amide bonds. The maximum atomic E-state index is 12.6. The van der Waals surface area contributed by atoms with Gasteiger partial charge in [0.05, 0.1) is 14.2 Å². The van der Waals surface area contributed by atoms with E-state index in [1.54, 1.807) is 18.2 Å². The number of fused-ring (bicyclic) bond motifs is 3. The summed E-state index contributed by atoms with van der Waals surface area (Å²) in [6.07, 6.45) is -0.651. The van der Waals surface area contributed by atoms with Crippen molar-refractivity contribution in [2.24, 2.45) is 0 Å². The van der Waals surface area contributed by atoms with Crippen molar-refractivity contribution in [1.29, 1.82) is 0 Å². The molecule has 0 bridgehead atoms. The summed E-state index contributed by atoms with van der Waals surface area (Å²) in [5.74, 6) is 0.751. The average molecular weight is 431 g/mol. The lowest BCUT2D eigenvalue weighted by atomic mass is 9.98. The number of amides is 1. The number of alkyl carbamates (subject to hydrolysis) is 1. The summed E-state index contributed by atoms with van der Waals surface area (Å²) in [6, 6.07) is 20.5. The number of rotatable bonds is 7. The van der Waals surface area contributed by atoms with E-state index in [9.17, 15) is 9.90 Å². The second kappa shape index (κ2) is 9.06. The molecule has 1 aliphatic rings. The van der Waals surface area contributed by atoms with E-state index in [0.29, 0.717) is 17.1 Å². The van der Waals surface area contributed by atoms with Gasteiger partial charge in [-0.2, -0.15) is 0 Å². The standard InChI is InChI=1S/C26H25NO5/c1-16(28)25(17-12-13-23(30-2)24(14-17)31-3)27-26(29)32-15-22-20-10-6-4-8-18(20)19-9-5-7-11-21(19)22/h4-14,22,25,28H,1,15H2,2-3H3,(H,27,29). The number of carbonyl (C=O) groups is 1. The minimum absolute atomic E-state index is 0.0509. The van der Waals surface area contributed by atoms with E-state index >= 15 is 0 Å². The molecule has 6 nitrogen and oxygen atoms in total. The molecule has 0 fully saturated rings. The molecule has 0 aromatic heterocycles. The van der Waals surface area contributed by atoms with E-state index in [0.717, 1.165) is 22.3 Å². The van der Waals surface area contributed by atoms with E-state index in [-0.39, 0.29) is 18.3 Å². The van der Waals surface area contributed by atoms with Gasteiger partial charge in [-0.15, -0.1) is 0 Å². The molecule has 3 aromatic rings. The van der Waals surface area contributed by atoms with Crippen LogP contribution in [0.4, 0.5) is 4.79 Å². The van der Waals surface area contributed by atoms with Gasteiger partial charge in [-0.3, -0.25) is 0 Å². The molecule has 0 heterocycles. The first-order valence-electron chi connectivity index (χ1n) is 10.2.